The van der Waals surface area contributed by atoms with Crippen molar-refractivity contribution in [1.29, 1.82) is 0 Å². The molecule has 1 aromatic rings. The molecule has 3 nitrogen and oxygen atoms in total. The van der Waals surface area contributed by atoms with Gasteiger partial charge < -0.3 is 10.1 Å². The van der Waals surface area contributed by atoms with E-state index in [1.54, 1.807) is 0 Å². The van der Waals surface area contributed by atoms with Gasteiger partial charge in [0.15, 0.2) is 0 Å². The SMILES string of the molecule is CCOC1(c2nc(C)c(C(C)NC)s2)CCCC1. The van der Waals surface area contributed by atoms with Gasteiger partial charge in [-0.3, -0.25) is 0 Å². The van der Waals surface area contributed by atoms with E-state index in [1.807, 2.05) is 18.4 Å². The molecule has 1 aromatic heterocycles. The fraction of sp³-hybridized carbons (Fsp3) is 0.786. The summed E-state index contributed by atoms with van der Waals surface area (Å²) in [6.45, 7) is 7.15. The highest BCUT2D eigenvalue weighted by Gasteiger charge is 2.39. The molecule has 0 saturated heterocycles. The Morgan fingerprint density at radius 3 is 2.67 bits per heavy atom. The molecule has 4 heteroatoms. The molecule has 1 aliphatic carbocycles. The minimum absolute atomic E-state index is 0.0874. The summed E-state index contributed by atoms with van der Waals surface area (Å²) in [5.74, 6) is 0. The first kappa shape index (κ1) is 14.0. The molecule has 0 aliphatic heterocycles. The first-order valence-electron chi connectivity index (χ1n) is 6.92. The molecule has 0 radical (unpaired) electrons. The van der Waals surface area contributed by atoms with Crippen LogP contribution in [0.15, 0.2) is 0 Å². The molecule has 0 amide bonds. The van der Waals surface area contributed by atoms with E-state index in [1.165, 1.54) is 22.7 Å². The second-order valence-electron chi connectivity index (χ2n) is 5.11. The average Bonchev–Trinajstić information content (AvgIpc) is 2.96. The average molecular weight is 268 g/mol. The van der Waals surface area contributed by atoms with Crippen molar-refractivity contribution in [2.75, 3.05) is 13.7 Å². The summed E-state index contributed by atoms with van der Waals surface area (Å²) in [6, 6.07) is 0.372. The smallest absolute Gasteiger partial charge is 0.125 e. The van der Waals surface area contributed by atoms with Crippen molar-refractivity contribution in [2.45, 2.75) is 58.1 Å². The minimum Gasteiger partial charge on any atom is -0.368 e. The van der Waals surface area contributed by atoms with E-state index in [0.717, 1.165) is 25.1 Å². The maximum atomic E-state index is 6.09. The zero-order valence-electron chi connectivity index (χ0n) is 11.9. The number of hydrogen-bond donors (Lipinski definition) is 1. The lowest BCUT2D eigenvalue weighted by Crippen LogP contribution is -2.25. The lowest BCUT2D eigenvalue weighted by atomic mass is 10.0. The molecule has 1 heterocycles. The third-order valence-electron chi connectivity index (χ3n) is 3.88. The lowest BCUT2D eigenvalue weighted by molar-refractivity contribution is -0.0391. The van der Waals surface area contributed by atoms with Gasteiger partial charge in [0.05, 0.1) is 5.69 Å². The fourth-order valence-electron chi connectivity index (χ4n) is 2.78. The number of thiazole rings is 1. The number of nitrogens with one attached hydrogen (secondary N) is 1. The van der Waals surface area contributed by atoms with Gasteiger partial charge in [-0.15, -0.1) is 11.3 Å². The topological polar surface area (TPSA) is 34.1 Å². The molecular weight excluding hydrogens is 244 g/mol. The Bertz CT molecular complexity index is 396. The van der Waals surface area contributed by atoms with Crippen LogP contribution in [0.4, 0.5) is 0 Å². The summed E-state index contributed by atoms with van der Waals surface area (Å²) in [7, 11) is 2.00. The maximum Gasteiger partial charge on any atom is 0.125 e. The van der Waals surface area contributed by atoms with E-state index in [2.05, 4.69) is 26.1 Å². The predicted molar refractivity (Wildman–Crippen MR) is 76.1 cm³/mol. The molecule has 18 heavy (non-hydrogen) atoms. The van der Waals surface area contributed by atoms with Gasteiger partial charge in [-0.05, 0) is 40.7 Å². The summed E-state index contributed by atoms with van der Waals surface area (Å²) < 4.78 is 6.09. The Labute approximate surface area is 114 Å². The van der Waals surface area contributed by atoms with Crippen molar-refractivity contribution in [3.8, 4) is 0 Å². The minimum atomic E-state index is -0.0874. The molecule has 1 fully saturated rings. The van der Waals surface area contributed by atoms with Crippen molar-refractivity contribution < 1.29 is 4.74 Å². The number of nitrogens with zero attached hydrogens (tertiary/aromatic N) is 1. The summed E-state index contributed by atoms with van der Waals surface area (Å²) >= 11 is 1.83. The third-order valence-corrected chi connectivity index (χ3v) is 5.41. The van der Waals surface area contributed by atoms with Gasteiger partial charge in [0.1, 0.15) is 10.6 Å². The van der Waals surface area contributed by atoms with Gasteiger partial charge in [0, 0.05) is 17.5 Å². The summed E-state index contributed by atoms with van der Waals surface area (Å²) in [6.07, 6.45) is 4.77. The van der Waals surface area contributed by atoms with Crippen molar-refractivity contribution in [2.24, 2.45) is 0 Å². The maximum absolute atomic E-state index is 6.09. The zero-order valence-corrected chi connectivity index (χ0v) is 12.7. The number of aromatic nitrogens is 1. The molecule has 1 unspecified atom stereocenters. The first-order valence-corrected chi connectivity index (χ1v) is 7.73. The number of rotatable bonds is 5. The van der Waals surface area contributed by atoms with E-state index >= 15 is 0 Å². The Hall–Kier alpha value is -0.450. The predicted octanol–water partition coefficient (Wildman–Crippen LogP) is 3.54. The lowest BCUT2D eigenvalue weighted by Gasteiger charge is -2.26. The molecule has 0 spiro atoms. The van der Waals surface area contributed by atoms with Crippen LogP contribution in [0.2, 0.25) is 0 Å². The highest BCUT2D eigenvalue weighted by Crippen LogP contribution is 2.44. The van der Waals surface area contributed by atoms with E-state index in [4.69, 9.17) is 9.72 Å². The van der Waals surface area contributed by atoms with Crippen molar-refractivity contribution >= 4 is 11.3 Å². The van der Waals surface area contributed by atoms with Gasteiger partial charge in [0.25, 0.3) is 0 Å². The standard InChI is InChI=1S/C14H24N2OS/c1-5-17-14(8-6-7-9-14)13-16-11(3)12(18-13)10(2)15-4/h10,15H,5-9H2,1-4H3. The number of aryl methyl sites for hydroxylation is 1. The van der Waals surface area contributed by atoms with Crippen LogP contribution in [-0.2, 0) is 10.3 Å². The van der Waals surface area contributed by atoms with Crippen LogP contribution in [0.1, 0.15) is 61.2 Å². The molecule has 0 bridgehead atoms. The summed E-state index contributed by atoms with van der Waals surface area (Å²) in [4.78, 5) is 6.15. The van der Waals surface area contributed by atoms with E-state index < -0.39 is 0 Å². The monoisotopic (exact) mass is 268 g/mol. The van der Waals surface area contributed by atoms with Gasteiger partial charge in [-0.2, -0.15) is 0 Å². The molecule has 1 aliphatic rings. The first-order chi connectivity index (χ1) is 8.63. The van der Waals surface area contributed by atoms with E-state index in [9.17, 15) is 0 Å². The Morgan fingerprint density at radius 1 is 1.44 bits per heavy atom. The molecule has 1 atom stereocenters. The van der Waals surface area contributed by atoms with Crippen LogP contribution in [0.5, 0.6) is 0 Å². The summed E-state index contributed by atoms with van der Waals surface area (Å²) in [5.41, 5.74) is 1.07. The second kappa shape index (κ2) is 5.68. The Kier molecular flexibility index (Phi) is 4.41. The third kappa shape index (κ3) is 2.46. The van der Waals surface area contributed by atoms with Gasteiger partial charge in [-0.25, -0.2) is 4.98 Å². The Morgan fingerprint density at radius 2 is 2.11 bits per heavy atom. The van der Waals surface area contributed by atoms with Gasteiger partial charge in [0.2, 0.25) is 0 Å². The quantitative estimate of drug-likeness (QED) is 0.887. The van der Waals surface area contributed by atoms with Crippen molar-refractivity contribution in [3.05, 3.63) is 15.6 Å². The summed E-state index contributed by atoms with van der Waals surface area (Å²) in [5, 5.41) is 4.49. The van der Waals surface area contributed by atoms with Crippen molar-refractivity contribution in [1.82, 2.24) is 10.3 Å². The number of ether oxygens (including phenoxy) is 1. The van der Waals surface area contributed by atoms with Crippen LogP contribution in [0, 0.1) is 6.92 Å². The second-order valence-corrected chi connectivity index (χ2v) is 6.14. The molecular formula is C14H24N2OS. The van der Waals surface area contributed by atoms with Crippen LogP contribution >= 0.6 is 11.3 Å². The molecule has 1 saturated carbocycles. The molecule has 2 rings (SSSR count). The van der Waals surface area contributed by atoms with E-state index in [-0.39, 0.29) is 5.60 Å². The zero-order chi connectivity index (χ0) is 13.2. The Balaban J connectivity index is 2.31. The molecule has 102 valence electrons. The molecule has 1 N–H and O–H groups in total. The highest BCUT2D eigenvalue weighted by molar-refractivity contribution is 7.12. The highest BCUT2D eigenvalue weighted by atomic mass is 32.1. The number of hydrogen-bond acceptors (Lipinski definition) is 4. The molecule has 0 aromatic carbocycles. The van der Waals surface area contributed by atoms with Crippen molar-refractivity contribution in [3.63, 3.8) is 0 Å². The fourth-order valence-corrected chi connectivity index (χ4v) is 4.11. The van der Waals surface area contributed by atoms with E-state index in [0.29, 0.717) is 6.04 Å². The van der Waals surface area contributed by atoms with Crippen LogP contribution in [-0.4, -0.2) is 18.6 Å². The van der Waals surface area contributed by atoms with Crippen LogP contribution < -0.4 is 5.32 Å². The van der Waals surface area contributed by atoms with Crippen LogP contribution in [0.3, 0.4) is 0 Å². The van der Waals surface area contributed by atoms with Gasteiger partial charge in [-0.1, -0.05) is 12.8 Å². The van der Waals surface area contributed by atoms with Gasteiger partial charge >= 0.3 is 0 Å². The largest absolute Gasteiger partial charge is 0.368 e. The van der Waals surface area contributed by atoms with Crippen LogP contribution in [0.25, 0.3) is 0 Å². The normalized spacial score (nSPS) is 20.2.